The zero-order valence-corrected chi connectivity index (χ0v) is 16.8. The molecule has 2 fully saturated rings. The van der Waals surface area contributed by atoms with Crippen molar-refractivity contribution < 1.29 is 14.6 Å². The summed E-state index contributed by atoms with van der Waals surface area (Å²) in [5.74, 6) is 3.48. The molecule has 4 rings (SSSR count). The molecule has 152 valence electrons. The molecule has 1 aromatic heterocycles. The van der Waals surface area contributed by atoms with Gasteiger partial charge in [-0.1, -0.05) is 18.6 Å². The van der Waals surface area contributed by atoms with Crippen molar-refractivity contribution in [2.45, 2.75) is 57.5 Å². The van der Waals surface area contributed by atoms with Crippen molar-refractivity contribution in [3.63, 3.8) is 0 Å². The van der Waals surface area contributed by atoms with E-state index in [-0.39, 0.29) is 6.47 Å². The first-order valence-electron chi connectivity index (χ1n) is 10.0. The Morgan fingerprint density at radius 3 is 2.61 bits per heavy atom. The highest BCUT2D eigenvalue weighted by Gasteiger charge is 2.36. The van der Waals surface area contributed by atoms with Gasteiger partial charge in [0.1, 0.15) is 17.4 Å². The van der Waals surface area contributed by atoms with E-state index in [4.69, 9.17) is 24.7 Å². The number of carbonyl (C=O) groups is 1. The Morgan fingerprint density at radius 2 is 1.89 bits per heavy atom. The van der Waals surface area contributed by atoms with Crippen molar-refractivity contribution in [1.29, 1.82) is 0 Å². The summed E-state index contributed by atoms with van der Waals surface area (Å²) in [6, 6.07) is 8.92. The van der Waals surface area contributed by atoms with Crippen LogP contribution >= 0.6 is 0 Å². The predicted octanol–water partition coefficient (Wildman–Crippen LogP) is 3.08. The lowest BCUT2D eigenvalue weighted by Gasteiger charge is -2.43. The molecule has 1 aromatic carbocycles. The fourth-order valence-corrected chi connectivity index (χ4v) is 4.52. The highest BCUT2D eigenvalue weighted by molar-refractivity contribution is 5.32. The van der Waals surface area contributed by atoms with Crippen LogP contribution < -0.4 is 4.74 Å². The Hall–Kier alpha value is -2.41. The second-order valence-corrected chi connectivity index (χ2v) is 7.48. The number of ether oxygens (including phenoxy) is 1. The number of methoxy groups -OCH3 is 1. The van der Waals surface area contributed by atoms with Gasteiger partial charge in [0.05, 0.1) is 13.7 Å². The minimum absolute atomic E-state index is 0.250. The van der Waals surface area contributed by atoms with Crippen molar-refractivity contribution >= 4 is 6.47 Å². The molecule has 7 nitrogen and oxygen atoms in total. The number of rotatable bonds is 4. The molecule has 0 unspecified atom stereocenters. The van der Waals surface area contributed by atoms with E-state index in [9.17, 15) is 0 Å². The number of fused-ring (bicyclic) bond motifs is 1. The first-order chi connectivity index (χ1) is 13.7. The number of carboxylic acid groups (broad SMARTS) is 1. The lowest BCUT2D eigenvalue weighted by Crippen LogP contribution is -2.47. The van der Waals surface area contributed by atoms with Crippen LogP contribution in [0.15, 0.2) is 24.3 Å². The third-order valence-corrected chi connectivity index (χ3v) is 5.72. The van der Waals surface area contributed by atoms with Crippen LogP contribution in [0.3, 0.4) is 0 Å². The summed E-state index contributed by atoms with van der Waals surface area (Å²) in [7, 11) is 1.70. The van der Waals surface area contributed by atoms with Gasteiger partial charge in [0, 0.05) is 12.0 Å². The van der Waals surface area contributed by atoms with Gasteiger partial charge in [-0.15, -0.1) is 0 Å². The topological polar surface area (TPSA) is 80.5 Å². The minimum Gasteiger partial charge on any atom is -0.497 e. The number of aryl methyl sites for hydroxylation is 1. The lowest BCUT2D eigenvalue weighted by molar-refractivity contribution is -0.122. The van der Waals surface area contributed by atoms with Crippen LogP contribution in [-0.2, 0) is 11.3 Å². The van der Waals surface area contributed by atoms with Gasteiger partial charge in [-0.3, -0.25) is 9.69 Å². The quantitative estimate of drug-likeness (QED) is 0.814. The van der Waals surface area contributed by atoms with Gasteiger partial charge in [0.2, 0.25) is 0 Å². The maximum Gasteiger partial charge on any atom is 0.290 e. The standard InChI is InChI=1S/C20H28N4O.CH2O2/c1-15-21-20(18-6-5-13-23-12-4-3-7-19(18)23)24(22-15)14-16-8-10-17(25-2)11-9-16;2-1-3/h8-11,18-19H,3-7,12-14H2,1-2H3;1H,(H,2,3)/t18-,19-;/m1./s1. The molecule has 0 saturated carbocycles. The van der Waals surface area contributed by atoms with E-state index < -0.39 is 0 Å². The van der Waals surface area contributed by atoms with E-state index in [2.05, 4.69) is 21.7 Å². The molecular weight excluding hydrogens is 356 g/mol. The van der Waals surface area contributed by atoms with Crippen LogP contribution in [0.25, 0.3) is 0 Å². The van der Waals surface area contributed by atoms with E-state index >= 15 is 0 Å². The van der Waals surface area contributed by atoms with Gasteiger partial charge in [0.25, 0.3) is 6.47 Å². The van der Waals surface area contributed by atoms with Gasteiger partial charge in [-0.05, 0) is 63.4 Å². The first-order valence-corrected chi connectivity index (χ1v) is 10.0. The molecule has 0 amide bonds. The average molecular weight is 386 g/mol. The monoisotopic (exact) mass is 386 g/mol. The molecule has 0 aliphatic carbocycles. The van der Waals surface area contributed by atoms with E-state index in [0.717, 1.165) is 18.1 Å². The van der Waals surface area contributed by atoms with Crippen molar-refractivity contribution in [3.8, 4) is 5.75 Å². The highest BCUT2D eigenvalue weighted by atomic mass is 16.5. The SMILES string of the molecule is COc1ccc(Cn2nc(C)nc2[C@@H]2CCCN3CCCC[C@H]23)cc1.O=CO. The summed E-state index contributed by atoms with van der Waals surface area (Å²) in [5, 5.41) is 11.6. The van der Waals surface area contributed by atoms with Crippen LogP contribution in [0.4, 0.5) is 0 Å². The Bertz CT molecular complexity index is 758. The van der Waals surface area contributed by atoms with E-state index in [1.54, 1.807) is 7.11 Å². The molecule has 0 spiro atoms. The van der Waals surface area contributed by atoms with Gasteiger partial charge in [-0.25, -0.2) is 9.67 Å². The minimum atomic E-state index is -0.250. The lowest BCUT2D eigenvalue weighted by atomic mass is 9.83. The second kappa shape index (κ2) is 9.68. The molecule has 7 heteroatoms. The molecule has 1 N–H and O–H groups in total. The molecule has 3 heterocycles. The van der Waals surface area contributed by atoms with Crippen LogP contribution in [0.5, 0.6) is 5.75 Å². The molecule has 2 atom stereocenters. The largest absolute Gasteiger partial charge is 0.497 e. The number of aromatic nitrogens is 3. The number of hydrogen-bond acceptors (Lipinski definition) is 5. The molecule has 28 heavy (non-hydrogen) atoms. The van der Waals surface area contributed by atoms with Gasteiger partial charge < -0.3 is 9.84 Å². The predicted molar refractivity (Wildman–Crippen MR) is 107 cm³/mol. The number of nitrogens with zero attached hydrogens (tertiary/aromatic N) is 4. The van der Waals surface area contributed by atoms with Crippen molar-refractivity contribution in [2.75, 3.05) is 20.2 Å². The fourth-order valence-electron chi connectivity index (χ4n) is 4.52. The van der Waals surface area contributed by atoms with Crippen LogP contribution in [0.1, 0.15) is 55.2 Å². The zero-order valence-electron chi connectivity index (χ0n) is 16.8. The van der Waals surface area contributed by atoms with Crippen LogP contribution in [0, 0.1) is 6.92 Å². The fraction of sp³-hybridized carbons (Fsp3) is 0.571. The van der Waals surface area contributed by atoms with Crippen molar-refractivity contribution in [3.05, 3.63) is 41.5 Å². The van der Waals surface area contributed by atoms with E-state index in [1.807, 2.05) is 19.1 Å². The van der Waals surface area contributed by atoms with Crippen LogP contribution in [0.2, 0.25) is 0 Å². The van der Waals surface area contributed by atoms with Crippen LogP contribution in [-0.4, -0.2) is 57.5 Å². The molecular formula is C21H30N4O3. The molecule has 0 radical (unpaired) electrons. The number of hydrogen-bond donors (Lipinski definition) is 1. The van der Waals surface area contributed by atoms with Gasteiger partial charge in [0.15, 0.2) is 0 Å². The summed E-state index contributed by atoms with van der Waals surface area (Å²) in [5.41, 5.74) is 1.24. The van der Waals surface area contributed by atoms with E-state index in [0.29, 0.717) is 12.0 Å². The number of benzene rings is 1. The third kappa shape index (κ3) is 4.70. The molecule has 0 bridgehead atoms. The normalized spacial score (nSPS) is 21.9. The first kappa shape index (κ1) is 20.3. The Kier molecular flexibility index (Phi) is 7.03. The zero-order chi connectivity index (χ0) is 19.9. The maximum atomic E-state index is 8.36. The molecule has 2 saturated heterocycles. The summed E-state index contributed by atoms with van der Waals surface area (Å²) in [6.07, 6.45) is 6.51. The van der Waals surface area contributed by atoms with Crippen molar-refractivity contribution in [2.24, 2.45) is 0 Å². The maximum absolute atomic E-state index is 8.36. The number of piperidine rings is 2. The van der Waals surface area contributed by atoms with Gasteiger partial charge in [-0.2, -0.15) is 5.10 Å². The molecule has 2 aliphatic heterocycles. The molecule has 2 aromatic rings. The third-order valence-electron chi connectivity index (χ3n) is 5.72. The second-order valence-electron chi connectivity index (χ2n) is 7.48. The van der Waals surface area contributed by atoms with E-state index in [1.165, 1.54) is 56.6 Å². The Labute approximate surface area is 166 Å². The summed E-state index contributed by atoms with van der Waals surface area (Å²) < 4.78 is 7.40. The highest BCUT2D eigenvalue weighted by Crippen LogP contribution is 2.37. The molecule has 2 aliphatic rings. The van der Waals surface area contributed by atoms with Crippen molar-refractivity contribution in [1.82, 2.24) is 19.7 Å². The average Bonchev–Trinajstić information content (AvgIpc) is 3.08. The van der Waals surface area contributed by atoms with Gasteiger partial charge >= 0.3 is 0 Å². The summed E-state index contributed by atoms with van der Waals surface area (Å²) in [6.45, 7) is 5.05. The Morgan fingerprint density at radius 1 is 1.18 bits per heavy atom. The Balaban J connectivity index is 0.000000706. The smallest absolute Gasteiger partial charge is 0.290 e. The summed E-state index contributed by atoms with van der Waals surface area (Å²) >= 11 is 0. The summed E-state index contributed by atoms with van der Waals surface area (Å²) in [4.78, 5) is 15.9.